The maximum Gasteiger partial charge on any atom is 0.264 e. The number of carbonyl (C=O) groups is 1. The van der Waals surface area contributed by atoms with Crippen LogP contribution < -0.4 is 0 Å². The van der Waals surface area contributed by atoms with E-state index in [0.29, 0.717) is 11.1 Å². The Morgan fingerprint density at radius 2 is 2.13 bits per heavy atom. The Morgan fingerprint density at radius 1 is 1.47 bits per heavy atom. The number of hydrogen-bond donors (Lipinski definition) is 0. The Labute approximate surface area is 95.6 Å². The molecule has 4 heteroatoms. The van der Waals surface area contributed by atoms with Crippen LogP contribution >= 0.6 is 15.9 Å². The monoisotopic (exact) mass is 276 g/mol. The first-order chi connectivity index (χ1) is 7.06. The first-order valence-corrected chi connectivity index (χ1v) is 5.62. The van der Waals surface area contributed by atoms with Crippen LogP contribution in [-0.4, -0.2) is 11.1 Å². The maximum absolute atomic E-state index is 12.5. The molecule has 0 unspecified atom stereocenters. The summed E-state index contributed by atoms with van der Waals surface area (Å²) in [6.45, 7) is 1.62. The van der Waals surface area contributed by atoms with E-state index in [9.17, 15) is 13.6 Å². The second kappa shape index (κ2) is 5.35. The molecule has 1 rings (SSSR count). The van der Waals surface area contributed by atoms with Gasteiger partial charge in [-0.3, -0.25) is 4.79 Å². The smallest absolute Gasteiger partial charge is 0.264 e. The average molecular weight is 277 g/mol. The maximum atomic E-state index is 12.5. The van der Waals surface area contributed by atoms with E-state index < -0.39 is 6.43 Å². The van der Waals surface area contributed by atoms with E-state index in [-0.39, 0.29) is 23.1 Å². The van der Waals surface area contributed by atoms with Gasteiger partial charge in [-0.15, -0.1) is 0 Å². The average Bonchev–Trinajstić information content (AvgIpc) is 2.20. The number of carbonyl (C=O) groups excluding carboxylic acids is 1. The summed E-state index contributed by atoms with van der Waals surface area (Å²) < 4.78 is 25.1. The lowest BCUT2D eigenvalue weighted by Crippen LogP contribution is -2.06. The van der Waals surface area contributed by atoms with E-state index in [2.05, 4.69) is 15.9 Å². The third-order valence-electron chi connectivity index (χ3n) is 2.26. The third-order valence-corrected chi connectivity index (χ3v) is 2.89. The molecule has 0 aliphatic carbocycles. The normalized spacial score (nSPS) is 10.7. The Kier molecular flexibility index (Phi) is 4.39. The van der Waals surface area contributed by atoms with Crippen molar-refractivity contribution >= 4 is 21.7 Å². The van der Waals surface area contributed by atoms with Gasteiger partial charge in [0.2, 0.25) is 0 Å². The van der Waals surface area contributed by atoms with Gasteiger partial charge in [-0.25, -0.2) is 8.78 Å². The number of hydrogen-bond acceptors (Lipinski definition) is 1. The highest BCUT2D eigenvalue weighted by Crippen LogP contribution is 2.25. The molecule has 0 atom stereocenters. The summed E-state index contributed by atoms with van der Waals surface area (Å²) in [5.41, 5.74) is 1.20. The van der Waals surface area contributed by atoms with Gasteiger partial charge in [-0.2, -0.15) is 0 Å². The summed E-state index contributed by atoms with van der Waals surface area (Å²) in [7, 11) is 0. The van der Waals surface area contributed by atoms with Gasteiger partial charge in [0, 0.05) is 12.0 Å². The predicted octanol–water partition coefficient (Wildman–Crippen LogP) is 3.44. The predicted molar refractivity (Wildman–Crippen MR) is 58.6 cm³/mol. The van der Waals surface area contributed by atoms with Crippen molar-refractivity contribution in [3.05, 3.63) is 34.9 Å². The van der Waals surface area contributed by atoms with Crippen molar-refractivity contribution in [1.82, 2.24) is 0 Å². The molecule has 82 valence electrons. The molecule has 0 saturated heterocycles. The summed E-state index contributed by atoms with van der Waals surface area (Å²) in [6.07, 6.45) is -2.28. The lowest BCUT2D eigenvalue weighted by Gasteiger charge is -2.09. The van der Waals surface area contributed by atoms with Crippen molar-refractivity contribution in [1.29, 1.82) is 0 Å². The highest BCUT2D eigenvalue weighted by molar-refractivity contribution is 9.09. The van der Waals surface area contributed by atoms with E-state index in [0.717, 1.165) is 0 Å². The highest BCUT2D eigenvalue weighted by Gasteiger charge is 2.13. The molecule has 0 amide bonds. The van der Waals surface area contributed by atoms with Crippen molar-refractivity contribution in [2.24, 2.45) is 0 Å². The first kappa shape index (κ1) is 12.3. The van der Waals surface area contributed by atoms with Crippen LogP contribution in [0.3, 0.4) is 0 Å². The van der Waals surface area contributed by atoms with E-state index in [1.807, 2.05) is 0 Å². The van der Waals surface area contributed by atoms with Gasteiger partial charge in [-0.1, -0.05) is 34.1 Å². The van der Waals surface area contributed by atoms with Crippen LogP contribution in [0.5, 0.6) is 0 Å². The lowest BCUT2D eigenvalue weighted by atomic mass is 9.99. The highest BCUT2D eigenvalue weighted by atomic mass is 79.9. The van der Waals surface area contributed by atoms with Gasteiger partial charge in [-0.05, 0) is 18.1 Å². The second-order valence-electron chi connectivity index (χ2n) is 3.28. The Morgan fingerprint density at radius 3 is 2.67 bits per heavy atom. The zero-order valence-electron chi connectivity index (χ0n) is 8.27. The number of alkyl halides is 3. The molecule has 0 bridgehead atoms. The van der Waals surface area contributed by atoms with Crippen molar-refractivity contribution in [2.75, 3.05) is 5.33 Å². The molecule has 0 spiro atoms. The van der Waals surface area contributed by atoms with Gasteiger partial charge in [0.05, 0.1) is 5.33 Å². The van der Waals surface area contributed by atoms with Gasteiger partial charge in [0.15, 0.2) is 0 Å². The van der Waals surface area contributed by atoms with Crippen molar-refractivity contribution < 1.29 is 13.6 Å². The summed E-state index contributed by atoms with van der Waals surface area (Å²) >= 11 is 3.05. The van der Waals surface area contributed by atoms with E-state index in [1.165, 1.54) is 6.07 Å². The molecule has 0 heterocycles. The Hall–Kier alpha value is -0.770. The van der Waals surface area contributed by atoms with E-state index >= 15 is 0 Å². The van der Waals surface area contributed by atoms with Crippen LogP contribution in [0.2, 0.25) is 0 Å². The summed E-state index contributed by atoms with van der Waals surface area (Å²) in [5.74, 6) is -0.00971. The van der Waals surface area contributed by atoms with Gasteiger partial charge < -0.3 is 0 Å². The van der Waals surface area contributed by atoms with E-state index in [4.69, 9.17) is 0 Å². The van der Waals surface area contributed by atoms with Crippen LogP contribution in [-0.2, 0) is 11.2 Å². The number of halogens is 3. The van der Waals surface area contributed by atoms with Crippen LogP contribution in [0, 0.1) is 6.92 Å². The fraction of sp³-hybridized carbons (Fsp3) is 0.364. The molecule has 0 aliphatic rings. The minimum absolute atomic E-state index is 0.00914. The number of ketones is 1. The Balaban J connectivity index is 2.99. The fourth-order valence-electron chi connectivity index (χ4n) is 1.39. The SMILES string of the molecule is Cc1c(CC(=O)CBr)cccc1C(F)F. The molecule has 1 nitrogen and oxygen atoms in total. The minimum Gasteiger partial charge on any atom is -0.298 e. The zero-order chi connectivity index (χ0) is 11.4. The molecule has 1 aromatic carbocycles. The van der Waals surface area contributed by atoms with Gasteiger partial charge >= 0.3 is 0 Å². The summed E-state index contributed by atoms with van der Waals surface area (Å²) in [4.78, 5) is 11.2. The van der Waals surface area contributed by atoms with Crippen molar-refractivity contribution in [3.63, 3.8) is 0 Å². The topological polar surface area (TPSA) is 17.1 Å². The second-order valence-corrected chi connectivity index (χ2v) is 3.84. The molecule has 0 N–H and O–H groups in total. The molecule has 0 aromatic heterocycles. The summed E-state index contributed by atoms with van der Waals surface area (Å²) in [6, 6.07) is 4.66. The minimum atomic E-state index is -2.48. The third kappa shape index (κ3) is 3.09. The Bertz CT molecular complexity index is 364. The largest absolute Gasteiger partial charge is 0.298 e. The molecule has 0 saturated carbocycles. The molecule has 1 aromatic rings. The molecular formula is C11H11BrF2O. The number of Topliss-reactive ketones (excluding diaryl/α,β-unsaturated/α-hetero) is 1. The molecular weight excluding hydrogens is 266 g/mol. The van der Waals surface area contributed by atoms with Gasteiger partial charge in [0.1, 0.15) is 5.78 Å². The quantitative estimate of drug-likeness (QED) is 0.770. The molecule has 0 fully saturated rings. The van der Waals surface area contributed by atoms with E-state index in [1.54, 1.807) is 19.1 Å². The lowest BCUT2D eigenvalue weighted by molar-refractivity contribution is -0.115. The number of benzene rings is 1. The van der Waals surface area contributed by atoms with Crippen LogP contribution in [0.4, 0.5) is 8.78 Å². The molecule has 0 radical (unpaired) electrons. The van der Waals surface area contributed by atoms with Crippen LogP contribution in [0.25, 0.3) is 0 Å². The first-order valence-electron chi connectivity index (χ1n) is 4.50. The van der Waals surface area contributed by atoms with Crippen molar-refractivity contribution in [3.8, 4) is 0 Å². The van der Waals surface area contributed by atoms with Crippen LogP contribution in [0.15, 0.2) is 18.2 Å². The summed E-state index contributed by atoms with van der Waals surface area (Å²) in [5, 5.41) is 0.255. The van der Waals surface area contributed by atoms with Gasteiger partial charge in [0.25, 0.3) is 6.43 Å². The fourth-order valence-corrected chi connectivity index (χ4v) is 1.59. The standard InChI is InChI=1S/C11H11BrF2O/c1-7-8(5-9(15)6-12)3-2-4-10(7)11(13)14/h2-4,11H,5-6H2,1H3. The molecule has 0 aliphatic heterocycles. The number of rotatable bonds is 4. The van der Waals surface area contributed by atoms with Crippen molar-refractivity contribution in [2.45, 2.75) is 19.8 Å². The zero-order valence-corrected chi connectivity index (χ0v) is 9.85. The van der Waals surface area contributed by atoms with Crippen LogP contribution in [0.1, 0.15) is 23.1 Å². The molecule has 15 heavy (non-hydrogen) atoms.